The number of aromatic nitrogens is 3. The number of aliphatic hydroxyl groups excluding tert-OH is 1. The first kappa shape index (κ1) is 23.5. The van der Waals surface area contributed by atoms with Crippen molar-refractivity contribution in [3.8, 4) is 5.69 Å². The maximum atomic E-state index is 14.5. The van der Waals surface area contributed by atoms with Gasteiger partial charge in [0.2, 0.25) is 0 Å². The molecule has 0 fully saturated rings. The van der Waals surface area contributed by atoms with Gasteiger partial charge in [-0.1, -0.05) is 12.1 Å². The molecule has 0 aliphatic carbocycles. The van der Waals surface area contributed by atoms with Crippen LogP contribution in [0.15, 0.2) is 59.9 Å². The predicted octanol–water partition coefficient (Wildman–Crippen LogP) is 5.07. The third-order valence-corrected chi connectivity index (χ3v) is 6.06. The molecule has 2 heterocycles. The summed E-state index contributed by atoms with van der Waals surface area (Å²) in [7, 11) is 0. The molecule has 8 heteroatoms. The molecule has 0 saturated heterocycles. The largest absolute Gasteiger partial charge is 0.383 e. The van der Waals surface area contributed by atoms with Crippen LogP contribution in [0, 0.1) is 38.2 Å². The summed E-state index contributed by atoms with van der Waals surface area (Å²) in [4.78, 5) is 17.4. The summed E-state index contributed by atoms with van der Waals surface area (Å²) < 4.78 is 45.5. The molecule has 0 saturated carbocycles. The van der Waals surface area contributed by atoms with Gasteiger partial charge in [-0.2, -0.15) is 0 Å². The van der Waals surface area contributed by atoms with Crippen molar-refractivity contribution < 1.29 is 18.3 Å². The Morgan fingerprint density at radius 3 is 2.21 bits per heavy atom. The monoisotopic (exact) mass is 467 g/mol. The Morgan fingerprint density at radius 2 is 1.62 bits per heavy atom. The maximum Gasteiger partial charge on any atom is 0.257 e. The van der Waals surface area contributed by atoms with E-state index in [1.54, 1.807) is 24.5 Å². The highest BCUT2D eigenvalue weighted by Crippen LogP contribution is 2.26. The van der Waals surface area contributed by atoms with E-state index in [1.807, 2.05) is 24.6 Å². The fourth-order valence-corrected chi connectivity index (χ4v) is 4.01. The van der Waals surface area contributed by atoms with Gasteiger partial charge in [-0.25, -0.2) is 18.2 Å². The molecule has 0 spiro atoms. The number of halogens is 3. The van der Waals surface area contributed by atoms with E-state index in [0.717, 1.165) is 45.9 Å². The van der Waals surface area contributed by atoms with Crippen molar-refractivity contribution in [1.29, 1.82) is 0 Å². The van der Waals surface area contributed by atoms with Crippen LogP contribution in [0.3, 0.4) is 0 Å². The summed E-state index contributed by atoms with van der Waals surface area (Å²) in [6.07, 6.45) is 3.11. The highest BCUT2D eigenvalue weighted by molar-refractivity contribution is 5.45. The molecule has 0 aliphatic heterocycles. The van der Waals surface area contributed by atoms with E-state index in [2.05, 4.69) is 4.98 Å². The Morgan fingerprint density at radius 1 is 0.941 bits per heavy atom. The maximum absolute atomic E-state index is 14.5. The molecule has 4 aromatic rings. The number of imidazole rings is 1. The fourth-order valence-electron chi connectivity index (χ4n) is 4.01. The third kappa shape index (κ3) is 4.28. The van der Waals surface area contributed by atoms with Crippen LogP contribution in [0.2, 0.25) is 0 Å². The lowest BCUT2D eigenvalue weighted by atomic mass is 9.99. The molecule has 34 heavy (non-hydrogen) atoms. The molecule has 2 unspecified atom stereocenters. The average molecular weight is 467 g/mol. The second-order valence-corrected chi connectivity index (χ2v) is 8.48. The number of benzene rings is 2. The number of nitrogens with zero attached hydrogens (tertiary/aromatic N) is 3. The van der Waals surface area contributed by atoms with Crippen LogP contribution < -0.4 is 5.56 Å². The summed E-state index contributed by atoms with van der Waals surface area (Å²) in [6.45, 7) is 6.57. The van der Waals surface area contributed by atoms with Crippen LogP contribution in [-0.4, -0.2) is 19.2 Å². The lowest BCUT2D eigenvalue weighted by molar-refractivity contribution is 0.216. The fraction of sp³-hybridized carbons (Fsp3) is 0.231. The van der Waals surface area contributed by atoms with Crippen molar-refractivity contribution in [2.75, 3.05) is 0 Å². The van der Waals surface area contributed by atoms with Gasteiger partial charge in [0.25, 0.3) is 5.56 Å². The van der Waals surface area contributed by atoms with E-state index >= 15 is 0 Å². The van der Waals surface area contributed by atoms with E-state index in [-0.39, 0.29) is 16.7 Å². The molecule has 0 radical (unpaired) electrons. The van der Waals surface area contributed by atoms with Gasteiger partial charge in [0.15, 0.2) is 0 Å². The Kier molecular flexibility index (Phi) is 6.18. The van der Waals surface area contributed by atoms with Crippen molar-refractivity contribution in [1.82, 2.24) is 14.1 Å². The number of aliphatic hydroxyl groups is 1. The molecule has 1 N–H and O–H groups in total. The second-order valence-electron chi connectivity index (χ2n) is 8.48. The Hall–Kier alpha value is -3.65. The van der Waals surface area contributed by atoms with Crippen LogP contribution in [0.5, 0.6) is 0 Å². The first-order chi connectivity index (χ1) is 16.1. The summed E-state index contributed by atoms with van der Waals surface area (Å²) in [5.41, 5.74) is 2.14. The minimum Gasteiger partial charge on any atom is -0.383 e. The molecule has 0 bridgehead atoms. The molecule has 0 amide bonds. The van der Waals surface area contributed by atoms with Crippen LogP contribution in [0.1, 0.15) is 52.6 Å². The zero-order chi connectivity index (χ0) is 24.7. The second kappa shape index (κ2) is 8.95. The first-order valence-electron chi connectivity index (χ1n) is 10.7. The van der Waals surface area contributed by atoms with Crippen molar-refractivity contribution >= 4 is 0 Å². The van der Waals surface area contributed by atoms with Crippen molar-refractivity contribution in [3.63, 3.8) is 0 Å². The van der Waals surface area contributed by atoms with Crippen molar-refractivity contribution in [3.05, 3.63) is 116 Å². The van der Waals surface area contributed by atoms with E-state index in [9.17, 15) is 23.1 Å². The van der Waals surface area contributed by atoms with Crippen LogP contribution >= 0.6 is 0 Å². The number of hydrogen-bond acceptors (Lipinski definition) is 3. The SMILES string of the molecule is Cc1cn(-c2ccc(C(O)c3cc(F)cn(C(C)c4cc(F)c(C)c(F)c4)c3=O)cc2C)cn1. The summed E-state index contributed by atoms with van der Waals surface area (Å²) in [5.74, 6) is -2.26. The van der Waals surface area contributed by atoms with Gasteiger partial charge < -0.3 is 14.2 Å². The minimum absolute atomic E-state index is 0.136. The molecule has 176 valence electrons. The minimum atomic E-state index is -1.40. The molecule has 2 atom stereocenters. The Bertz CT molecular complexity index is 1420. The van der Waals surface area contributed by atoms with Gasteiger partial charge in [-0.05, 0) is 68.7 Å². The molecular weight excluding hydrogens is 443 g/mol. The normalized spacial score (nSPS) is 13.2. The number of rotatable bonds is 5. The molecule has 2 aromatic carbocycles. The molecule has 0 aliphatic rings. The Labute approximate surface area is 194 Å². The lowest BCUT2D eigenvalue weighted by Crippen LogP contribution is -2.29. The summed E-state index contributed by atoms with van der Waals surface area (Å²) in [6, 6.07) is 7.52. The smallest absolute Gasteiger partial charge is 0.257 e. The zero-order valence-electron chi connectivity index (χ0n) is 19.2. The first-order valence-corrected chi connectivity index (χ1v) is 10.7. The highest BCUT2D eigenvalue weighted by Gasteiger charge is 2.22. The van der Waals surface area contributed by atoms with Gasteiger partial charge >= 0.3 is 0 Å². The quantitative estimate of drug-likeness (QED) is 0.446. The van der Waals surface area contributed by atoms with E-state index in [4.69, 9.17) is 0 Å². The van der Waals surface area contributed by atoms with Crippen LogP contribution in [-0.2, 0) is 0 Å². The zero-order valence-corrected chi connectivity index (χ0v) is 19.2. The van der Waals surface area contributed by atoms with Crippen LogP contribution in [0.4, 0.5) is 13.2 Å². The Balaban J connectivity index is 1.73. The molecule has 4 rings (SSSR count). The third-order valence-electron chi connectivity index (χ3n) is 6.06. The number of hydrogen-bond donors (Lipinski definition) is 1. The summed E-state index contributed by atoms with van der Waals surface area (Å²) in [5, 5.41) is 11.0. The number of aryl methyl sites for hydroxylation is 2. The number of pyridine rings is 1. The topological polar surface area (TPSA) is 60.0 Å². The van der Waals surface area contributed by atoms with Crippen LogP contribution in [0.25, 0.3) is 5.69 Å². The van der Waals surface area contributed by atoms with Gasteiger partial charge in [-0.15, -0.1) is 0 Å². The predicted molar refractivity (Wildman–Crippen MR) is 123 cm³/mol. The standard InChI is InChI=1S/C26H24F3N3O2/c1-14-7-18(5-6-24(14)31-11-15(2)30-13-31)25(33)21-10-20(27)12-32(26(21)34)17(4)19-8-22(28)16(3)23(29)9-19/h5-13,17,25,33H,1-4H3. The van der Waals surface area contributed by atoms with E-state index < -0.39 is 35.2 Å². The summed E-state index contributed by atoms with van der Waals surface area (Å²) >= 11 is 0. The van der Waals surface area contributed by atoms with E-state index in [1.165, 1.54) is 13.8 Å². The lowest BCUT2D eigenvalue weighted by Gasteiger charge is -2.20. The molecule has 5 nitrogen and oxygen atoms in total. The average Bonchev–Trinajstić information content (AvgIpc) is 3.23. The molecular formula is C26H24F3N3O2. The molecule has 2 aromatic heterocycles. The van der Waals surface area contributed by atoms with Gasteiger partial charge in [0, 0.05) is 23.6 Å². The van der Waals surface area contributed by atoms with E-state index in [0.29, 0.717) is 5.56 Å². The van der Waals surface area contributed by atoms with Gasteiger partial charge in [-0.3, -0.25) is 4.79 Å². The van der Waals surface area contributed by atoms with Crippen molar-refractivity contribution in [2.24, 2.45) is 0 Å². The van der Waals surface area contributed by atoms with Gasteiger partial charge in [0.05, 0.1) is 23.6 Å². The highest BCUT2D eigenvalue weighted by atomic mass is 19.1. The van der Waals surface area contributed by atoms with Crippen molar-refractivity contribution in [2.45, 2.75) is 39.8 Å². The van der Waals surface area contributed by atoms with Gasteiger partial charge in [0.1, 0.15) is 23.6 Å².